The smallest absolute Gasteiger partial charge is 0.325 e. The molecule has 1 aromatic rings. The Labute approximate surface area is 126 Å². The summed E-state index contributed by atoms with van der Waals surface area (Å²) in [4.78, 5) is 12.2. The molecule has 0 unspecified atom stereocenters. The van der Waals surface area contributed by atoms with Crippen LogP contribution in [0, 0.1) is 0 Å². The number of nitrogens with one attached hydrogen (secondary N) is 1. The van der Waals surface area contributed by atoms with Gasteiger partial charge in [-0.2, -0.15) is 0 Å². The summed E-state index contributed by atoms with van der Waals surface area (Å²) in [5, 5.41) is 0. The third-order valence-corrected chi connectivity index (χ3v) is 4.08. The number of ether oxygens (including phenoxy) is 1. The minimum atomic E-state index is -3.49. The fraction of sp³-hybridized carbons (Fsp3) is 0.533. The maximum atomic E-state index is 12.2. The van der Waals surface area contributed by atoms with Crippen molar-refractivity contribution in [3.63, 3.8) is 0 Å². The zero-order chi connectivity index (χ0) is 16.1. The van der Waals surface area contributed by atoms with Gasteiger partial charge in [0.15, 0.2) is 0 Å². The molecule has 0 aromatic heterocycles. The molecule has 1 atom stereocenters. The molecule has 5 nitrogen and oxygen atoms in total. The molecular formula is C15H23NO4S. The normalized spacial score (nSPS) is 13.7. The van der Waals surface area contributed by atoms with Gasteiger partial charge < -0.3 is 4.74 Å². The number of hydrogen-bond donors (Lipinski definition) is 1. The van der Waals surface area contributed by atoms with Gasteiger partial charge in [-0.25, -0.2) is 13.1 Å². The van der Waals surface area contributed by atoms with E-state index in [1.165, 1.54) is 6.92 Å². The van der Waals surface area contributed by atoms with Crippen molar-refractivity contribution in [3.05, 3.63) is 35.9 Å². The van der Waals surface area contributed by atoms with E-state index in [2.05, 4.69) is 4.72 Å². The first-order chi connectivity index (χ1) is 9.63. The summed E-state index contributed by atoms with van der Waals surface area (Å²) in [5.41, 5.74) is 0.205. The predicted octanol–water partition coefficient (Wildman–Crippen LogP) is 1.88. The quantitative estimate of drug-likeness (QED) is 0.814. The Hall–Kier alpha value is -1.40. The Morgan fingerprint density at radius 1 is 1.24 bits per heavy atom. The number of sulfonamides is 1. The van der Waals surface area contributed by atoms with E-state index in [9.17, 15) is 13.2 Å². The lowest BCUT2D eigenvalue weighted by molar-refractivity contribution is -0.156. The van der Waals surface area contributed by atoms with Crippen LogP contribution in [0.5, 0.6) is 0 Å². The van der Waals surface area contributed by atoms with E-state index in [1.54, 1.807) is 20.8 Å². The summed E-state index contributed by atoms with van der Waals surface area (Å²) in [5.74, 6) is -0.649. The van der Waals surface area contributed by atoms with Crippen molar-refractivity contribution in [2.24, 2.45) is 0 Å². The van der Waals surface area contributed by atoms with Gasteiger partial charge in [0.1, 0.15) is 11.6 Å². The van der Waals surface area contributed by atoms with Crippen LogP contribution in [0.3, 0.4) is 0 Å². The molecule has 1 aromatic carbocycles. The lowest BCUT2D eigenvalue weighted by atomic mass is 10.1. The van der Waals surface area contributed by atoms with Gasteiger partial charge in [-0.3, -0.25) is 4.79 Å². The maximum absolute atomic E-state index is 12.2. The van der Waals surface area contributed by atoms with E-state index >= 15 is 0 Å². The maximum Gasteiger partial charge on any atom is 0.325 e. The number of carbonyl (C=O) groups is 1. The average Bonchev–Trinajstić information content (AvgIpc) is 2.37. The predicted molar refractivity (Wildman–Crippen MR) is 82.4 cm³/mol. The van der Waals surface area contributed by atoms with Gasteiger partial charge in [0.05, 0.1) is 5.75 Å². The van der Waals surface area contributed by atoms with Crippen LogP contribution in [0.2, 0.25) is 0 Å². The Morgan fingerprint density at radius 3 is 2.29 bits per heavy atom. The van der Waals surface area contributed by atoms with Crippen molar-refractivity contribution >= 4 is 16.0 Å². The lowest BCUT2D eigenvalue weighted by Crippen LogP contribution is -2.45. The Morgan fingerprint density at radius 2 is 1.81 bits per heavy atom. The minimum absolute atomic E-state index is 0.0823. The van der Waals surface area contributed by atoms with Crippen LogP contribution in [-0.2, 0) is 26.0 Å². The van der Waals surface area contributed by atoms with Crippen molar-refractivity contribution in [2.75, 3.05) is 5.75 Å². The molecule has 1 N–H and O–H groups in total. The summed E-state index contributed by atoms with van der Waals surface area (Å²) in [6, 6.07) is 8.32. The molecular weight excluding hydrogens is 290 g/mol. The summed E-state index contributed by atoms with van der Waals surface area (Å²) in [7, 11) is -3.49. The number of carbonyl (C=O) groups excluding carboxylic acids is 1. The Balaban J connectivity index is 2.92. The molecule has 0 spiro atoms. The van der Waals surface area contributed by atoms with Gasteiger partial charge >= 0.3 is 5.97 Å². The molecule has 6 heteroatoms. The van der Waals surface area contributed by atoms with Crippen molar-refractivity contribution in [3.8, 4) is 0 Å². The monoisotopic (exact) mass is 313 g/mol. The molecule has 0 saturated carbocycles. The van der Waals surface area contributed by atoms with Gasteiger partial charge in [-0.1, -0.05) is 30.3 Å². The highest BCUT2D eigenvalue weighted by molar-refractivity contribution is 7.89. The third-order valence-electron chi connectivity index (χ3n) is 2.68. The second-order valence-corrected chi connectivity index (χ2v) is 7.84. The molecule has 0 aliphatic heterocycles. The minimum Gasteiger partial charge on any atom is -0.459 e. The summed E-state index contributed by atoms with van der Waals surface area (Å²) in [6.45, 7) is 6.77. The van der Waals surface area contributed by atoms with Gasteiger partial charge in [0, 0.05) is 0 Å². The first-order valence-electron chi connectivity index (χ1n) is 6.90. The van der Waals surface area contributed by atoms with E-state index < -0.39 is 27.6 Å². The third kappa shape index (κ3) is 6.73. The van der Waals surface area contributed by atoms with Crippen LogP contribution in [0.4, 0.5) is 0 Å². The van der Waals surface area contributed by atoms with Gasteiger partial charge in [0.25, 0.3) is 0 Å². The summed E-state index contributed by atoms with van der Waals surface area (Å²) < 4.78 is 31.2. The Kier molecular flexibility index (Phi) is 5.92. The van der Waals surface area contributed by atoms with Crippen LogP contribution in [-0.4, -0.2) is 31.8 Å². The molecule has 1 rings (SSSR count). The molecule has 118 valence electrons. The van der Waals surface area contributed by atoms with Crippen molar-refractivity contribution in [2.45, 2.75) is 45.8 Å². The highest BCUT2D eigenvalue weighted by atomic mass is 32.2. The molecule has 0 radical (unpaired) electrons. The topological polar surface area (TPSA) is 72.5 Å². The molecule has 0 bridgehead atoms. The van der Waals surface area contributed by atoms with E-state index in [4.69, 9.17) is 4.74 Å². The zero-order valence-corrected chi connectivity index (χ0v) is 13.7. The Bertz CT molecular complexity index is 561. The first kappa shape index (κ1) is 17.7. The van der Waals surface area contributed by atoms with Crippen LogP contribution in [0.15, 0.2) is 30.3 Å². The highest BCUT2D eigenvalue weighted by Gasteiger charge is 2.28. The summed E-state index contributed by atoms with van der Waals surface area (Å²) >= 11 is 0. The second-order valence-electron chi connectivity index (χ2n) is 5.80. The van der Waals surface area contributed by atoms with Crippen LogP contribution < -0.4 is 4.72 Å². The first-order valence-corrected chi connectivity index (χ1v) is 8.55. The molecule has 0 aliphatic rings. The van der Waals surface area contributed by atoms with Crippen molar-refractivity contribution in [1.29, 1.82) is 0 Å². The van der Waals surface area contributed by atoms with Crippen LogP contribution in [0.1, 0.15) is 33.3 Å². The molecule has 0 heterocycles. The van der Waals surface area contributed by atoms with Gasteiger partial charge in [0.2, 0.25) is 10.0 Å². The lowest BCUT2D eigenvalue weighted by Gasteiger charge is -2.24. The fourth-order valence-corrected chi connectivity index (χ4v) is 2.48. The summed E-state index contributed by atoms with van der Waals surface area (Å²) in [6.07, 6.45) is 0.259. The molecule has 0 saturated heterocycles. The van der Waals surface area contributed by atoms with E-state index in [0.717, 1.165) is 5.56 Å². The molecule has 0 amide bonds. The van der Waals surface area contributed by atoms with Crippen LogP contribution in [0.25, 0.3) is 0 Å². The highest BCUT2D eigenvalue weighted by Crippen LogP contribution is 2.12. The average molecular weight is 313 g/mol. The SMILES string of the molecule is CCS(=O)(=O)N[C@@H](Cc1ccccc1)C(=O)OC(C)(C)C. The number of benzene rings is 1. The molecule has 0 fully saturated rings. The van der Waals surface area contributed by atoms with Crippen LogP contribution >= 0.6 is 0 Å². The van der Waals surface area contributed by atoms with Crippen molar-refractivity contribution < 1.29 is 17.9 Å². The number of hydrogen-bond acceptors (Lipinski definition) is 4. The van der Waals surface area contributed by atoms with Gasteiger partial charge in [-0.05, 0) is 39.7 Å². The largest absolute Gasteiger partial charge is 0.459 e. The van der Waals surface area contributed by atoms with Crippen molar-refractivity contribution in [1.82, 2.24) is 4.72 Å². The fourth-order valence-electron chi connectivity index (χ4n) is 1.70. The number of esters is 1. The van der Waals surface area contributed by atoms with Gasteiger partial charge in [-0.15, -0.1) is 0 Å². The molecule has 21 heavy (non-hydrogen) atoms. The van der Waals surface area contributed by atoms with E-state index in [-0.39, 0.29) is 12.2 Å². The molecule has 0 aliphatic carbocycles. The van der Waals surface area contributed by atoms with E-state index in [1.807, 2.05) is 30.3 Å². The standard InChI is InChI=1S/C15H23NO4S/c1-5-21(18,19)16-13(14(17)20-15(2,3)4)11-12-9-7-6-8-10-12/h6-10,13,16H,5,11H2,1-4H3/t13-/m0/s1. The number of rotatable bonds is 6. The zero-order valence-electron chi connectivity index (χ0n) is 12.9. The van der Waals surface area contributed by atoms with E-state index in [0.29, 0.717) is 0 Å². The second kappa shape index (κ2) is 7.04.